The molecule has 0 spiro atoms. The molecule has 2 aromatic rings. The molecule has 2 aliphatic rings. The number of benzene rings is 1. The summed E-state index contributed by atoms with van der Waals surface area (Å²) < 4.78 is 25.6. The van der Waals surface area contributed by atoms with Gasteiger partial charge >= 0.3 is 0 Å². The Kier molecular flexibility index (Phi) is 8.63. The van der Waals surface area contributed by atoms with Crippen LogP contribution in [0.1, 0.15) is 32.1 Å². The highest BCUT2D eigenvalue weighted by Gasteiger charge is 2.27. The van der Waals surface area contributed by atoms with Crippen LogP contribution < -0.4 is 15.9 Å². The summed E-state index contributed by atoms with van der Waals surface area (Å²) in [6, 6.07) is 2.45. The second-order valence-corrected chi connectivity index (χ2v) is 9.95. The predicted octanol–water partition coefficient (Wildman–Crippen LogP) is 4.29. The van der Waals surface area contributed by atoms with Crippen LogP contribution in [0.5, 0.6) is 0 Å². The molecule has 1 aromatic heterocycles. The molecule has 2 aliphatic heterocycles. The van der Waals surface area contributed by atoms with Crippen molar-refractivity contribution < 1.29 is 13.7 Å². The summed E-state index contributed by atoms with van der Waals surface area (Å²) in [4.78, 5) is 22.4. The fourth-order valence-corrected chi connectivity index (χ4v) is 4.77. The molecule has 2 saturated heterocycles. The molecule has 0 saturated carbocycles. The number of aromatic nitrogens is 2. The highest BCUT2D eigenvalue weighted by Crippen LogP contribution is 2.28. The fraction of sp³-hybridized carbons (Fsp3) is 0.455. The Labute approximate surface area is 193 Å². The van der Waals surface area contributed by atoms with Gasteiger partial charge in [0.25, 0.3) is 0 Å². The van der Waals surface area contributed by atoms with Gasteiger partial charge in [-0.1, -0.05) is 18.2 Å². The summed E-state index contributed by atoms with van der Waals surface area (Å²) in [5.41, 5.74) is 6.19. The first-order valence-electron chi connectivity index (χ1n) is 10.6. The lowest BCUT2D eigenvalue weighted by molar-refractivity contribution is 0.188. The first kappa shape index (κ1) is 24.6. The van der Waals surface area contributed by atoms with Crippen LogP contribution in [0.3, 0.4) is 0 Å². The number of nitrogens with zero attached hydrogens (tertiary/aromatic N) is 4. The van der Waals surface area contributed by atoms with Gasteiger partial charge in [0.05, 0.1) is 31.3 Å². The van der Waals surface area contributed by atoms with Crippen molar-refractivity contribution in [1.29, 1.82) is 0 Å². The second kappa shape index (κ2) is 11.2. The van der Waals surface area contributed by atoms with Crippen LogP contribution in [-0.4, -0.2) is 52.1 Å². The molecule has 10 heteroatoms. The molecule has 6 nitrogen and oxygen atoms in total. The molecule has 0 bridgehead atoms. The van der Waals surface area contributed by atoms with Crippen molar-refractivity contribution >= 4 is 36.7 Å². The topological polar surface area (TPSA) is 78.5 Å². The highest BCUT2D eigenvalue weighted by atomic mass is 35.5. The third kappa shape index (κ3) is 6.27. The van der Waals surface area contributed by atoms with Gasteiger partial charge in [-0.3, -0.25) is 0 Å². The Morgan fingerprint density at radius 3 is 2.38 bits per heavy atom. The molecule has 3 N–H and O–H groups in total. The third-order valence-corrected chi connectivity index (χ3v) is 6.97. The number of halogens is 3. The number of nitrogen functional groups attached to an aromatic ring is 1. The number of rotatable bonds is 3. The zero-order valence-electron chi connectivity index (χ0n) is 18.1. The lowest BCUT2D eigenvalue weighted by atomic mass is 9.98. The smallest absolute Gasteiger partial charge is 0.225 e. The normalized spacial score (nSPS) is 18.2. The van der Waals surface area contributed by atoms with E-state index in [1.54, 1.807) is 12.4 Å². The number of likely N-dealkylation sites (tertiary alicyclic amines) is 1. The molecule has 2 fully saturated rings. The van der Waals surface area contributed by atoms with Gasteiger partial charge in [-0.25, -0.2) is 18.7 Å². The summed E-state index contributed by atoms with van der Waals surface area (Å²) in [6.07, 6.45) is 9.42. The number of anilines is 2. The van der Waals surface area contributed by atoms with E-state index in [9.17, 15) is 8.78 Å². The molecule has 174 valence electrons. The van der Waals surface area contributed by atoms with Gasteiger partial charge in [-0.15, -0.1) is 0 Å². The van der Waals surface area contributed by atoms with E-state index >= 15 is 0 Å². The van der Waals surface area contributed by atoms with Crippen LogP contribution >= 0.6 is 19.7 Å². The van der Waals surface area contributed by atoms with E-state index < -0.39 is 19.8 Å². The average molecular weight is 484 g/mol. The van der Waals surface area contributed by atoms with Crippen molar-refractivity contribution in [3.8, 4) is 0 Å². The van der Waals surface area contributed by atoms with Gasteiger partial charge in [0.2, 0.25) is 5.95 Å². The third-order valence-electron chi connectivity index (χ3n) is 5.73. The van der Waals surface area contributed by atoms with Crippen molar-refractivity contribution in [1.82, 2.24) is 14.9 Å². The Morgan fingerprint density at radius 1 is 1.12 bits per heavy atom. The van der Waals surface area contributed by atoms with E-state index in [2.05, 4.69) is 26.3 Å². The van der Waals surface area contributed by atoms with Crippen molar-refractivity contribution in [2.75, 3.05) is 36.9 Å². The predicted molar refractivity (Wildman–Crippen MR) is 127 cm³/mol. The van der Waals surface area contributed by atoms with E-state index in [1.807, 2.05) is 0 Å². The lowest BCUT2D eigenvalue weighted by Crippen LogP contribution is -2.46. The van der Waals surface area contributed by atoms with Crippen LogP contribution in [0, 0.1) is 11.6 Å². The maximum Gasteiger partial charge on any atom is 0.225 e. The molecular formula is C22H29ClF2N5OP. The molecular weight excluding hydrogens is 455 g/mol. The summed E-state index contributed by atoms with van der Waals surface area (Å²) in [6.45, 7) is 8.85. The van der Waals surface area contributed by atoms with Gasteiger partial charge in [0.1, 0.15) is 11.6 Å². The molecule has 32 heavy (non-hydrogen) atoms. The van der Waals surface area contributed by atoms with E-state index in [1.165, 1.54) is 38.2 Å². The summed E-state index contributed by atoms with van der Waals surface area (Å²) in [5, 5.41) is 0.574. The van der Waals surface area contributed by atoms with Gasteiger partial charge in [-0.05, 0) is 44.8 Å². The molecule has 1 unspecified atom stereocenters. The maximum absolute atomic E-state index is 12.9. The van der Waals surface area contributed by atoms with Gasteiger partial charge in [0, 0.05) is 42.7 Å². The van der Waals surface area contributed by atoms with E-state index in [4.69, 9.17) is 22.2 Å². The van der Waals surface area contributed by atoms with Crippen molar-refractivity contribution in [2.24, 2.45) is 0 Å². The van der Waals surface area contributed by atoms with Gasteiger partial charge in [-0.2, -0.15) is 0 Å². The highest BCUT2D eigenvalue weighted by molar-refractivity contribution is 7.59. The molecule has 0 radical (unpaired) electrons. The number of hydrogen-bond donors (Lipinski definition) is 2. The molecule has 0 amide bonds. The lowest BCUT2D eigenvalue weighted by Gasteiger charge is -2.42. The Morgan fingerprint density at radius 2 is 1.78 bits per heavy atom. The van der Waals surface area contributed by atoms with Gasteiger partial charge in [0.15, 0.2) is 0 Å². The molecule has 1 atom stereocenters. The van der Waals surface area contributed by atoms with E-state index in [0.29, 0.717) is 11.1 Å². The fourth-order valence-electron chi connectivity index (χ4n) is 4.00. The van der Waals surface area contributed by atoms with Gasteiger partial charge < -0.3 is 20.4 Å². The maximum atomic E-state index is 12.9. The zero-order valence-corrected chi connectivity index (χ0v) is 19.8. The van der Waals surface area contributed by atoms with Crippen molar-refractivity contribution in [2.45, 2.75) is 38.1 Å². The van der Waals surface area contributed by atoms with E-state index in [0.717, 1.165) is 44.0 Å². The van der Waals surface area contributed by atoms with Crippen LogP contribution in [0.15, 0.2) is 36.8 Å². The van der Waals surface area contributed by atoms with Crippen molar-refractivity contribution in [3.05, 3.63) is 53.5 Å². The molecule has 3 heterocycles. The summed E-state index contributed by atoms with van der Waals surface area (Å²) >= 11 is 5.83. The number of nitrogens with two attached hydrogens (primary N) is 1. The number of hydrogen-bond acceptors (Lipinski definition) is 6. The number of piperidine rings is 2. The van der Waals surface area contributed by atoms with E-state index in [-0.39, 0.29) is 11.0 Å². The van der Waals surface area contributed by atoms with Crippen LogP contribution in [-0.2, 0) is 0 Å². The number of allylic oxidation sites excluding steroid dienone is 1. The minimum absolute atomic E-state index is 0.0169. The molecule has 0 aliphatic carbocycles. The van der Waals surface area contributed by atoms with Crippen LogP contribution in [0.4, 0.5) is 20.4 Å². The largest absolute Gasteiger partial charge is 0.396 e. The van der Waals surface area contributed by atoms with Crippen molar-refractivity contribution in [3.63, 3.8) is 0 Å². The zero-order chi connectivity index (χ0) is 23.3. The Bertz CT molecular complexity index is 923. The first-order chi connectivity index (χ1) is 15.3. The minimum Gasteiger partial charge on any atom is -0.396 e. The summed E-state index contributed by atoms with van der Waals surface area (Å²) in [7, 11) is -1.62. The average Bonchev–Trinajstić information content (AvgIpc) is 2.78. The molecule has 4 rings (SSSR count). The monoisotopic (exact) mass is 483 g/mol. The van der Waals surface area contributed by atoms with Crippen LogP contribution in [0.2, 0.25) is 5.02 Å². The standard InChI is InChI=1S/C15H21ClN4.C7H8F2NOP/c1-12-4-2-3-7-20(12)14-5-8-19(9-6-14)15-17-10-13(16)11-18-15;1-12(11)7-3-4(8)6(10)2-5(7)9/h10-11,14H,1-9H2;2-3,11H,10H2,1H3. The first-order valence-corrected chi connectivity index (χ1v) is 12.7. The summed E-state index contributed by atoms with van der Waals surface area (Å²) in [5.74, 6) is -0.565. The Hall–Kier alpha value is -2.02. The molecule has 1 aromatic carbocycles. The minimum atomic E-state index is -1.62. The Balaban J connectivity index is 0.000000207. The SMILES string of the molecule is C=C1CCCCN1C1CCN(c2ncc(Cl)cn2)CC1.CP(O)c1cc(F)c(N)cc1F. The van der Waals surface area contributed by atoms with Crippen LogP contribution in [0.25, 0.3) is 0 Å². The second-order valence-electron chi connectivity index (χ2n) is 7.98. The quantitative estimate of drug-likeness (QED) is 0.501.